The number of nitrogens with one attached hydrogen (secondary N) is 1. The number of benzene rings is 3. The van der Waals surface area contributed by atoms with Crippen molar-refractivity contribution in [3.63, 3.8) is 0 Å². The van der Waals surface area contributed by atoms with Crippen molar-refractivity contribution >= 4 is 18.4 Å². The molecule has 0 saturated carbocycles. The number of esters is 1. The van der Waals surface area contributed by atoms with Crippen LogP contribution >= 0.6 is 12.4 Å². The first-order valence-electron chi connectivity index (χ1n) is 11.1. The molecule has 0 amide bonds. The molecule has 168 valence electrons. The van der Waals surface area contributed by atoms with Gasteiger partial charge >= 0.3 is 5.97 Å². The number of piperidine rings is 1. The predicted octanol–water partition coefficient (Wildman–Crippen LogP) is 6.38. The molecule has 1 heterocycles. The normalized spacial score (nSPS) is 18.5. The minimum atomic E-state index is -0.260. The number of hydrogen-bond donors (Lipinski definition) is 1. The lowest BCUT2D eigenvalue weighted by atomic mass is 9.86. The zero-order chi connectivity index (χ0) is 21.8. The summed E-state index contributed by atoms with van der Waals surface area (Å²) in [5.74, 6) is -0.0312. The van der Waals surface area contributed by atoms with E-state index < -0.39 is 0 Å². The molecule has 3 nitrogen and oxygen atoms in total. The van der Waals surface area contributed by atoms with Gasteiger partial charge in [0.05, 0.1) is 5.56 Å². The summed E-state index contributed by atoms with van der Waals surface area (Å²) in [7, 11) is 0. The second-order valence-electron chi connectivity index (χ2n) is 9.36. The third-order valence-corrected chi connectivity index (χ3v) is 6.12. The molecule has 4 rings (SSSR count). The molecule has 3 aromatic carbocycles. The highest BCUT2D eigenvalue weighted by Crippen LogP contribution is 2.29. The van der Waals surface area contributed by atoms with E-state index in [0.717, 1.165) is 24.1 Å². The number of carbonyl (C=O) groups is 1. The number of ether oxygens (including phenoxy) is 1. The lowest BCUT2D eigenvalue weighted by molar-refractivity contribution is 0.0182. The van der Waals surface area contributed by atoms with Crippen LogP contribution in [0.5, 0.6) is 0 Å². The van der Waals surface area contributed by atoms with Gasteiger partial charge in [-0.1, -0.05) is 87.5 Å². The molecule has 0 radical (unpaired) electrons. The second kappa shape index (κ2) is 10.3. The fourth-order valence-corrected chi connectivity index (χ4v) is 4.20. The van der Waals surface area contributed by atoms with Crippen molar-refractivity contribution < 1.29 is 9.53 Å². The highest BCUT2D eigenvalue weighted by Gasteiger charge is 2.29. The van der Waals surface area contributed by atoms with E-state index in [1.165, 1.54) is 11.1 Å². The minimum absolute atomic E-state index is 0. The van der Waals surface area contributed by atoms with Crippen molar-refractivity contribution in [2.75, 3.05) is 13.1 Å². The highest BCUT2D eigenvalue weighted by molar-refractivity contribution is 5.90. The molecule has 32 heavy (non-hydrogen) atoms. The molecule has 1 aliphatic rings. The van der Waals surface area contributed by atoms with Gasteiger partial charge in [-0.25, -0.2) is 4.79 Å². The van der Waals surface area contributed by atoms with Crippen molar-refractivity contribution in [3.05, 3.63) is 95.6 Å². The number of rotatable bonds is 4. The van der Waals surface area contributed by atoms with E-state index in [1.807, 2.05) is 42.5 Å². The Hall–Kier alpha value is -2.62. The van der Waals surface area contributed by atoms with E-state index in [1.54, 1.807) is 0 Å². The van der Waals surface area contributed by atoms with Gasteiger partial charge in [-0.05, 0) is 52.8 Å². The van der Waals surface area contributed by atoms with E-state index in [9.17, 15) is 4.79 Å². The second-order valence-corrected chi connectivity index (χ2v) is 9.36. The predicted molar refractivity (Wildman–Crippen MR) is 134 cm³/mol. The third kappa shape index (κ3) is 5.59. The number of carbonyl (C=O) groups excluding carboxylic acids is 1. The van der Waals surface area contributed by atoms with Gasteiger partial charge < -0.3 is 10.1 Å². The van der Waals surface area contributed by atoms with E-state index in [0.29, 0.717) is 12.1 Å². The van der Waals surface area contributed by atoms with Gasteiger partial charge in [0.25, 0.3) is 0 Å². The van der Waals surface area contributed by atoms with Crippen LogP contribution in [0.1, 0.15) is 54.6 Å². The zero-order valence-corrected chi connectivity index (χ0v) is 19.8. The molecule has 1 fully saturated rings. The maximum atomic E-state index is 12.8. The van der Waals surface area contributed by atoms with Gasteiger partial charge in [0, 0.05) is 12.5 Å². The molecule has 1 aliphatic heterocycles. The summed E-state index contributed by atoms with van der Waals surface area (Å²) in [4.78, 5) is 12.8. The molecule has 2 atom stereocenters. The van der Waals surface area contributed by atoms with Crippen LogP contribution in [0, 0.1) is 0 Å². The summed E-state index contributed by atoms with van der Waals surface area (Å²) in [6.07, 6.45) is 0.805. The monoisotopic (exact) mass is 449 g/mol. The zero-order valence-electron chi connectivity index (χ0n) is 19.0. The minimum Gasteiger partial charge on any atom is -0.457 e. The summed E-state index contributed by atoms with van der Waals surface area (Å²) in [5.41, 5.74) is 5.51. The first-order valence-corrected chi connectivity index (χ1v) is 11.1. The Labute approximate surface area is 197 Å². The Bertz CT molecular complexity index is 1010. The van der Waals surface area contributed by atoms with Crippen molar-refractivity contribution in [2.24, 2.45) is 0 Å². The Morgan fingerprint density at radius 2 is 1.47 bits per heavy atom. The summed E-state index contributed by atoms with van der Waals surface area (Å²) >= 11 is 0. The summed E-state index contributed by atoms with van der Waals surface area (Å²) in [6, 6.07) is 26.7. The lowest BCUT2D eigenvalue weighted by Gasteiger charge is -2.32. The van der Waals surface area contributed by atoms with Gasteiger partial charge in [0.2, 0.25) is 0 Å². The Balaban J connectivity index is 0.00000289. The molecule has 3 aromatic rings. The molecule has 4 heteroatoms. The first-order chi connectivity index (χ1) is 14.9. The van der Waals surface area contributed by atoms with Crippen LogP contribution in [0.15, 0.2) is 78.9 Å². The van der Waals surface area contributed by atoms with E-state index in [2.05, 4.69) is 62.5 Å². The van der Waals surface area contributed by atoms with Crippen LogP contribution in [-0.2, 0) is 10.2 Å². The van der Waals surface area contributed by atoms with E-state index in [-0.39, 0.29) is 35.8 Å². The van der Waals surface area contributed by atoms with Crippen molar-refractivity contribution in [2.45, 2.75) is 44.6 Å². The van der Waals surface area contributed by atoms with Crippen LogP contribution in [0.3, 0.4) is 0 Å². The van der Waals surface area contributed by atoms with Crippen molar-refractivity contribution in [3.8, 4) is 11.1 Å². The van der Waals surface area contributed by atoms with E-state index in [4.69, 9.17) is 4.74 Å². The molecule has 0 aliphatic carbocycles. The molecule has 0 aromatic heterocycles. The topological polar surface area (TPSA) is 38.3 Å². The van der Waals surface area contributed by atoms with Crippen molar-refractivity contribution in [1.82, 2.24) is 5.32 Å². The lowest BCUT2D eigenvalue weighted by Crippen LogP contribution is -2.42. The van der Waals surface area contributed by atoms with Crippen LogP contribution in [0.4, 0.5) is 0 Å². The van der Waals surface area contributed by atoms with Gasteiger partial charge in [0.15, 0.2) is 0 Å². The maximum Gasteiger partial charge on any atom is 0.338 e. The summed E-state index contributed by atoms with van der Waals surface area (Å²) < 4.78 is 5.94. The Morgan fingerprint density at radius 3 is 2.06 bits per heavy atom. The first kappa shape index (κ1) is 24.0. The van der Waals surface area contributed by atoms with E-state index >= 15 is 0 Å². The molecular weight excluding hydrogens is 418 g/mol. The fraction of sp³-hybridized carbons (Fsp3) is 0.321. The van der Waals surface area contributed by atoms with Crippen LogP contribution in [0.25, 0.3) is 11.1 Å². The van der Waals surface area contributed by atoms with Gasteiger partial charge in [0.1, 0.15) is 6.10 Å². The number of halogens is 1. The molecule has 0 bridgehead atoms. The summed E-state index contributed by atoms with van der Waals surface area (Å²) in [5, 5.41) is 3.36. The molecular formula is C28H32ClNO2. The fourth-order valence-electron chi connectivity index (χ4n) is 4.20. The maximum absolute atomic E-state index is 12.8. The average Bonchev–Trinajstić information content (AvgIpc) is 2.80. The quantitative estimate of drug-likeness (QED) is 0.470. The van der Waals surface area contributed by atoms with Crippen LogP contribution in [0.2, 0.25) is 0 Å². The molecule has 1 saturated heterocycles. The SMILES string of the molecule is CC(C)(C)c1ccc(-c2ccc(C(=O)O[C@@H]3CNCC[C@H]3c3ccccc3)cc2)cc1.Cl. The van der Waals surface area contributed by atoms with Gasteiger partial charge in [-0.15, -0.1) is 12.4 Å². The molecule has 0 unspecified atom stereocenters. The third-order valence-electron chi connectivity index (χ3n) is 6.12. The molecule has 0 spiro atoms. The largest absolute Gasteiger partial charge is 0.457 e. The number of hydrogen-bond acceptors (Lipinski definition) is 3. The Morgan fingerprint density at radius 1 is 0.875 bits per heavy atom. The standard InChI is InChI=1S/C28H31NO2.ClH/c1-28(2,3)24-15-13-21(14-16-24)20-9-11-23(12-10-20)27(30)31-26-19-29-18-17-25(26)22-7-5-4-6-8-22;/h4-16,25-26,29H,17-19H2,1-3H3;1H/t25-,26+;/m0./s1. The summed E-state index contributed by atoms with van der Waals surface area (Å²) in [6.45, 7) is 8.27. The smallest absolute Gasteiger partial charge is 0.338 e. The Kier molecular flexibility index (Phi) is 7.76. The highest BCUT2D eigenvalue weighted by atomic mass is 35.5. The molecule has 1 N–H and O–H groups in total. The van der Waals surface area contributed by atoms with Crippen LogP contribution < -0.4 is 5.32 Å². The van der Waals surface area contributed by atoms with Crippen molar-refractivity contribution in [1.29, 1.82) is 0 Å². The average molecular weight is 450 g/mol. The van der Waals surface area contributed by atoms with Gasteiger partial charge in [-0.3, -0.25) is 0 Å². The van der Waals surface area contributed by atoms with Gasteiger partial charge in [-0.2, -0.15) is 0 Å². The van der Waals surface area contributed by atoms with Crippen LogP contribution in [-0.4, -0.2) is 25.2 Å².